The molecule has 0 aromatic heterocycles. The Bertz CT molecular complexity index is 564. The molecule has 1 fully saturated rings. The Morgan fingerprint density at radius 2 is 1.43 bits per heavy atom. The molecule has 0 amide bonds. The third kappa shape index (κ3) is 3.42. The first-order valence-electron chi connectivity index (χ1n) is 6.56. The molecule has 1 aliphatic rings. The lowest BCUT2D eigenvalue weighted by molar-refractivity contribution is -0.137. The van der Waals surface area contributed by atoms with Gasteiger partial charge in [-0.3, -0.25) is 0 Å². The molecule has 1 aromatic carbocycles. The van der Waals surface area contributed by atoms with Crippen molar-refractivity contribution in [2.45, 2.75) is 45.1 Å². The van der Waals surface area contributed by atoms with Gasteiger partial charge in [0.25, 0.3) is 0 Å². The molecule has 0 atom stereocenters. The second-order valence-electron chi connectivity index (χ2n) is 5.93. The van der Waals surface area contributed by atoms with Crippen LogP contribution in [0.25, 0.3) is 0 Å². The van der Waals surface area contributed by atoms with Gasteiger partial charge in [0, 0.05) is 5.56 Å². The second-order valence-corrected chi connectivity index (χ2v) is 5.93. The van der Waals surface area contributed by atoms with E-state index in [4.69, 9.17) is 9.31 Å². The molecule has 0 aliphatic carbocycles. The van der Waals surface area contributed by atoms with Crippen LogP contribution in [0.5, 0.6) is 0 Å². The summed E-state index contributed by atoms with van der Waals surface area (Å²) in [5, 5.41) is 0. The first kappa shape index (κ1) is 15.9. The molecule has 2 rings (SSSR count). The van der Waals surface area contributed by atoms with E-state index in [1.807, 2.05) is 27.7 Å². The average Bonchev–Trinajstić information content (AvgIpc) is 2.55. The average molecular weight is 296 g/mol. The maximum absolute atomic E-state index is 12.4. The van der Waals surface area contributed by atoms with Gasteiger partial charge in [-0.25, -0.2) is 0 Å². The van der Waals surface area contributed by atoms with Crippen LogP contribution in [-0.4, -0.2) is 18.3 Å². The third-order valence-corrected chi connectivity index (χ3v) is 3.80. The van der Waals surface area contributed by atoms with Crippen molar-refractivity contribution in [2.24, 2.45) is 0 Å². The summed E-state index contributed by atoms with van der Waals surface area (Å²) < 4.78 is 48.7. The summed E-state index contributed by atoms with van der Waals surface area (Å²) in [5.74, 6) is 5.57. The van der Waals surface area contributed by atoms with Gasteiger partial charge in [-0.15, -0.1) is 0 Å². The molecule has 0 spiro atoms. The lowest BCUT2D eigenvalue weighted by Crippen LogP contribution is -2.41. The summed E-state index contributed by atoms with van der Waals surface area (Å²) in [5.41, 5.74) is -1.17. The van der Waals surface area contributed by atoms with E-state index in [0.717, 1.165) is 12.1 Å². The van der Waals surface area contributed by atoms with Crippen LogP contribution in [0.1, 0.15) is 38.8 Å². The molecule has 0 N–H and O–H groups in total. The van der Waals surface area contributed by atoms with Gasteiger partial charge in [0.05, 0.1) is 16.8 Å². The van der Waals surface area contributed by atoms with Crippen LogP contribution in [0.4, 0.5) is 13.2 Å². The number of rotatable bonds is 0. The quantitative estimate of drug-likeness (QED) is 0.537. The van der Waals surface area contributed by atoms with E-state index in [1.54, 1.807) is 0 Å². The minimum Gasteiger partial charge on any atom is -0.392 e. The number of benzene rings is 1. The van der Waals surface area contributed by atoms with Crippen LogP contribution in [0, 0.1) is 11.7 Å². The summed E-state index contributed by atoms with van der Waals surface area (Å²) in [4.78, 5) is 0. The van der Waals surface area contributed by atoms with Crippen molar-refractivity contribution in [1.82, 2.24) is 0 Å². The van der Waals surface area contributed by atoms with Gasteiger partial charge in [0.15, 0.2) is 0 Å². The first-order valence-corrected chi connectivity index (χ1v) is 6.56. The van der Waals surface area contributed by atoms with E-state index in [-0.39, 0.29) is 0 Å². The van der Waals surface area contributed by atoms with Gasteiger partial charge >= 0.3 is 13.3 Å². The Labute approximate surface area is 122 Å². The maximum Gasteiger partial charge on any atom is 0.551 e. The standard InChI is InChI=1S/C15H16BF3O2/c1-13(2)14(3,4)21-16(20-13)10-9-11-5-7-12(8-6-11)15(17,18)19/h5-8H,1-4H3. The predicted octanol–water partition coefficient (Wildman–Crippen LogP) is 3.69. The smallest absolute Gasteiger partial charge is 0.392 e. The van der Waals surface area contributed by atoms with Crippen molar-refractivity contribution in [3.05, 3.63) is 35.4 Å². The number of alkyl halides is 3. The van der Waals surface area contributed by atoms with Crippen molar-refractivity contribution in [2.75, 3.05) is 0 Å². The lowest BCUT2D eigenvalue weighted by atomic mass is 9.90. The molecule has 1 saturated heterocycles. The zero-order chi connectivity index (χ0) is 15.9. The molecule has 0 radical (unpaired) electrons. The van der Waals surface area contributed by atoms with Crippen LogP contribution in [-0.2, 0) is 15.5 Å². The van der Waals surface area contributed by atoms with Gasteiger partial charge in [0.1, 0.15) is 0 Å². The highest BCUT2D eigenvalue weighted by Gasteiger charge is 2.50. The Balaban J connectivity index is 2.11. The Morgan fingerprint density at radius 1 is 0.952 bits per heavy atom. The summed E-state index contributed by atoms with van der Waals surface area (Å²) in [6.45, 7) is 7.64. The molecular weight excluding hydrogens is 280 g/mol. The molecule has 112 valence electrons. The highest BCUT2D eigenvalue weighted by molar-refractivity contribution is 6.55. The van der Waals surface area contributed by atoms with E-state index in [2.05, 4.69) is 11.7 Å². The normalized spacial score (nSPS) is 20.0. The summed E-state index contributed by atoms with van der Waals surface area (Å²) in [7, 11) is -0.683. The van der Waals surface area contributed by atoms with Gasteiger partial charge in [-0.2, -0.15) is 13.2 Å². The maximum atomic E-state index is 12.4. The molecule has 2 nitrogen and oxygen atoms in total. The molecule has 1 heterocycles. The zero-order valence-corrected chi connectivity index (χ0v) is 12.3. The molecule has 0 bridgehead atoms. The molecule has 0 saturated carbocycles. The van der Waals surface area contributed by atoms with Crippen LogP contribution < -0.4 is 0 Å². The third-order valence-electron chi connectivity index (χ3n) is 3.80. The number of halogens is 3. The number of hydrogen-bond donors (Lipinski definition) is 0. The van der Waals surface area contributed by atoms with Crippen molar-refractivity contribution in [1.29, 1.82) is 0 Å². The first-order chi connectivity index (χ1) is 9.51. The molecule has 0 unspecified atom stereocenters. The van der Waals surface area contributed by atoms with E-state index >= 15 is 0 Å². The minimum atomic E-state index is -4.34. The predicted molar refractivity (Wildman–Crippen MR) is 74.4 cm³/mol. The van der Waals surface area contributed by atoms with Crippen LogP contribution in [0.2, 0.25) is 0 Å². The van der Waals surface area contributed by atoms with Gasteiger partial charge in [0.2, 0.25) is 0 Å². The van der Waals surface area contributed by atoms with E-state index in [9.17, 15) is 13.2 Å². The Hall–Kier alpha value is -1.45. The molecular formula is C15H16BF3O2. The van der Waals surface area contributed by atoms with Crippen molar-refractivity contribution >= 4 is 7.12 Å². The molecule has 1 aliphatic heterocycles. The van der Waals surface area contributed by atoms with Gasteiger partial charge < -0.3 is 9.31 Å². The highest BCUT2D eigenvalue weighted by atomic mass is 19.4. The van der Waals surface area contributed by atoms with Crippen LogP contribution in [0.3, 0.4) is 0 Å². The summed E-state index contributed by atoms with van der Waals surface area (Å²) >= 11 is 0. The fraction of sp³-hybridized carbons (Fsp3) is 0.467. The fourth-order valence-corrected chi connectivity index (χ4v) is 1.79. The minimum absolute atomic E-state index is 0.480. The topological polar surface area (TPSA) is 18.5 Å². The SMILES string of the molecule is CC1(C)OB(C#Cc2ccc(C(F)(F)F)cc2)OC1(C)C. The van der Waals surface area contributed by atoms with Crippen molar-refractivity contribution in [3.8, 4) is 11.7 Å². The largest absolute Gasteiger partial charge is 0.551 e. The van der Waals surface area contributed by atoms with Crippen molar-refractivity contribution in [3.63, 3.8) is 0 Å². The Morgan fingerprint density at radius 3 is 1.86 bits per heavy atom. The van der Waals surface area contributed by atoms with E-state index < -0.39 is 30.1 Å². The fourth-order valence-electron chi connectivity index (χ4n) is 1.79. The van der Waals surface area contributed by atoms with Crippen LogP contribution >= 0.6 is 0 Å². The van der Waals surface area contributed by atoms with Gasteiger partial charge in [-0.1, -0.05) is 11.7 Å². The van der Waals surface area contributed by atoms with E-state index in [1.165, 1.54) is 12.1 Å². The summed E-state index contributed by atoms with van der Waals surface area (Å²) in [6, 6.07) is 4.69. The highest BCUT2D eigenvalue weighted by Crippen LogP contribution is 2.36. The molecule has 6 heteroatoms. The lowest BCUT2D eigenvalue weighted by Gasteiger charge is -2.32. The monoisotopic (exact) mass is 296 g/mol. The molecule has 1 aromatic rings. The van der Waals surface area contributed by atoms with Gasteiger partial charge in [-0.05, 0) is 52.0 Å². The second kappa shape index (κ2) is 5.08. The van der Waals surface area contributed by atoms with E-state index in [0.29, 0.717) is 5.56 Å². The zero-order valence-electron chi connectivity index (χ0n) is 12.3. The summed E-state index contributed by atoms with van der Waals surface area (Å²) in [6.07, 6.45) is -4.34. The Kier molecular flexibility index (Phi) is 3.85. The molecule has 21 heavy (non-hydrogen) atoms. The van der Waals surface area contributed by atoms with Crippen molar-refractivity contribution < 1.29 is 22.5 Å². The number of hydrogen-bond acceptors (Lipinski definition) is 2. The van der Waals surface area contributed by atoms with Crippen LogP contribution in [0.15, 0.2) is 24.3 Å².